The average Bonchev–Trinajstić information content (AvgIpc) is 2.90. The molecular formula is C19H16BrNO3. The number of aliphatic imine (C=N–C) groups is 1. The van der Waals surface area contributed by atoms with Gasteiger partial charge in [-0.1, -0.05) is 34.1 Å². The number of rotatable bonds is 4. The van der Waals surface area contributed by atoms with Crippen LogP contribution in [0.4, 0.5) is 0 Å². The Labute approximate surface area is 148 Å². The van der Waals surface area contributed by atoms with Gasteiger partial charge < -0.3 is 9.47 Å². The van der Waals surface area contributed by atoms with Gasteiger partial charge in [-0.15, -0.1) is 0 Å². The summed E-state index contributed by atoms with van der Waals surface area (Å²) in [6.07, 6.45) is 1.82. The minimum atomic E-state index is -0.451. The molecule has 0 unspecified atom stereocenters. The predicted molar refractivity (Wildman–Crippen MR) is 97.0 cm³/mol. The minimum Gasteiger partial charge on any atom is -0.491 e. The van der Waals surface area contributed by atoms with Crippen molar-refractivity contribution in [3.05, 3.63) is 69.8 Å². The minimum absolute atomic E-state index is 0.122. The number of carbonyl (C=O) groups excluding carboxylic acids is 1. The van der Waals surface area contributed by atoms with Crippen molar-refractivity contribution < 1.29 is 14.3 Å². The summed E-state index contributed by atoms with van der Waals surface area (Å²) in [4.78, 5) is 16.3. The van der Waals surface area contributed by atoms with Crippen LogP contribution in [-0.4, -0.2) is 18.0 Å². The fraction of sp³-hybridized carbons (Fsp3) is 0.158. The quantitative estimate of drug-likeness (QED) is 0.571. The standard InChI is InChI=1S/C19H16BrNO3/c1-12(2)23-16-8-6-13(7-9-16)10-17-19(22)24-18(21-17)14-4-3-5-15(20)11-14/h3-12H,1-2H3/b17-10+. The van der Waals surface area contributed by atoms with E-state index in [0.717, 1.165) is 21.3 Å². The van der Waals surface area contributed by atoms with Gasteiger partial charge in [-0.25, -0.2) is 9.79 Å². The number of esters is 1. The van der Waals surface area contributed by atoms with Gasteiger partial charge in [0.05, 0.1) is 6.10 Å². The SMILES string of the molecule is CC(C)Oc1ccc(/C=C2/N=C(c3cccc(Br)c3)OC2=O)cc1. The topological polar surface area (TPSA) is 47.9 Å². The summed E-state index contributed by atoms with van der Waals surface area (Å²) in [6, 6.07) is 15.0. The lowest BCUT2D eigenvalue weighted by Crippen LogP contribution is -2.05. The number of hydrogen-bond donors (Lipinski definition) is 0. The molecule has 0 bridgehead atoms. The van der Waals surface area contributed by atoms with E-state index >= 15 is 0 Å². The summed E-state index contributed by atoms with van der Waals surface area (Å²) < 4.78 is 11.8. The van der Waals surface area contributed by atoms with Crippen LogP contribution in [0.25, 0.3) is 6.08 Å². The van der Waals surface area contributed by atoms with Crippen LogP contribution in [0, 0.1) is 0 Å². The number of cyclic esters (lactones) is 1. The van der Waals surface area contributed by atoms with Crippen LogP contribution in [-0.2, 0) is 9.53 Å². The van der Waals surface area contributed by atoms with Gasteiger partial charge in [0.2, 0.25) is 5.90 Å². The number of benzene rings is 2. The molecule has 0 atom stereocenters. The molecule has 122 valence electrons. The second-order valence-corrected chi connectivity index (χ2v) is 6.50. The van der Waals surface area contributed by atoms with E-state index in [1.165, 1.54) is 0 Å². The highest BCUT2D eigenvalue weighted by atomic mass is 79.9. The third-order valence-corrected chi connectivity index (χ3v) is 3.74. The van der Waals surface area contributed by atoms with Crippen LogP contribution in [0.3, 0.4) is 0 Å². The van der Waals surface area contributed by atoms with Crippen LogP contribution in [0.5, 0.6) is 5.75 Å². The molecule has 0 radical (unpaired) electrons. The largest absolute Gasteiger partial charge is 0.491 e. The molecule has 0 fully saturated rings. The summed E-state index contributed by atoms with van der Waals surface area (Å²) in [7, 11) is 0. The molecule has 0 aliphatic carbocycles. The first-order valence-electron chi connectivity index (χ1n) is 7.56. The molecule has 0 saturated heterocycles. The molecule has 2 aromatic carbocycles. The van der Waals surface area contributed by atoms with Crippen molar-refractivity contribution in [1.82, 2.24) is 0 Å². The maximum Gasteiger partial charge on any atom is 0.363 e. The van der Waals surface area contributed by atoms with Gasteiger partial charge in [0, 0.05) is 10.0 Å². The van der Waals surface area contributed by atoms with Crippen molar-refractivity contribution in [2.24, 2.45) is 4.99 Å². The molecule has 3 rings (SSSR count). The van der Waals surface area contributed by atoms with E-state index in [0.29, 0.717) is 5.90 Å². The Morgan fingerprint density at radius 1 is 1.17 bits per heavy atom. The summed E-state index contributed by atoms with van der Waals surface area (Å²) in [5.74, 6) is 0.652. The van der Waals surface area contributed by atoms with Crippen LogP contribution < -0.4 is 4.74 Å². The summed E-state index contributed by atoms with van der Waals surface area (Å²) >= 11 is 3.39. The molecule has 0 amide bonds. The second-order valence-electron chi connectivity index (χ2n) is 5.58. The number of carbonyl (C=O) groups is 1. The Bertz CT molecular complexity index is 823. The van der Waals surface area contributed by atoms with Crippen LogP contribution >= 0.6 is 15.9 Å². The normalized spacial score (nSPS) is 15.6. The molecule has 1 aliphatic heterocycles. The van der Waals surface area contributed by atoms with Crippen LogP contribution in [0.1, 0.15) is 25.0 Å². The fourth-order valence-corrected chi connectivity index (χ4v) is 2.63. The Kier molecular flexibility index (Phi) is 4.81. The van der Waals surface area contributed by atoms with E-state index in [9.17, 15) is 4.79 Å². The Morgan fingerprint density at radius 3 is 2.58 bits per heavy atom. The highest BCUT2D eigenvalue weighted by molar-refractivity contribution is 9.10. The van der Waals surface area contributed by atoms with E-state index in [1.807, 2.05) is 62.4 Å². The predicted octanol–water partition coefficient (Wildman–Crippen LogP) is 4.58. The van der Waals surface area contributed by atoms with Gasteiger partial charge in [-0.05, 0) is 55.8 Å². The monoisotopic (exact) mass is 385 g/mol. The van der Waals surface area contributed by atoms with Gasteiger partial charge in [0.25, 0.3) is 0 Å². The third-order valence-electron chi connectivity index (χ3n) is 3.25. The Morgan fingerprint density at radius 2 is 1.92 bits per heavy atom. The second kappa shape index (κ2) is 7.01. The van der Waals surface area contributed by atoms with Crippen molar-refractivity contribution in [2.75, 3.05) is 0 Å². The maximum absolute atomic E-state index is 12.0. The molecule has 0 spiro atoms. The van der Waals surface area contributed by atoms with Crippen molar-refractivity contribution in [3.63, 3.8) is 0 Å². The van der Waals surface area contributed by atoms with Gasteiger partial charge >= 0.3 is 5.97 Å². The van der Waals surface area contributed by atoms with Gasteiger partial charge in [0.15, 0.2) is 5.70 Å². The molecule has 1 aliphatic rings. The highest BCUT2D eigenvalue weighted by Crippen LogP contribution is 2.22. The van der Waals surface area contributed by atoms with Crippen LogP contribution in [0.15, 0.2) is 63.7 Å². The van der Waals surface area contributed by atoms with E-state index < -0.39 is 5.97 Å². The van der Waals surface area contributed by atoms with Gasteiger partial charge in [0.1, 0.15) is 5.75 Å². The average molecular weight is 386 g/mol. The smallest absolute Gasteiger partial charge is 0.363 e. The molecule has 1 heterocycles. The lowest BCUT2D eigenvalue weighted by Gasteiger charge is -2.09. The molecule has 4 nitrogen and oxygen atoms in total. The molecule has 5 heteroatoms. The lowest BCUT2D eigenvalue weighted by atomic mass is 10.2. The van der Waals surface area contributed by atoms with Gasteiger partial charge in [-0.2, -0.15) is 0 Å². The first-order valence-corrected chi connectivity index (χ1v) is 8.36. The van der Waals surface area contributed by atoms with E-state index in [4.69, 9.17) is 9.47 Å². The summed E-state index contributed by atoms with van der Waals surface area (Å²) in [5.41, 5.74) is 1.89. The Balaban J connectivity index is 1.83. The zero-order chi connectivity index (χ0) is 17.1. The highest BCUT2D eigenvalue weighted by Gasteiger charge is 2.24. The maximum atomic E-state index is 12.0. The van der Waals surface area contributed by atoms with Crippen LogP contribution in [0.2, 0.25) is 0 Å². The number of halogens is 1. The Hall–Kier alpha value is -2.40. The zero-order valence-corrected chi connectivity index (χ0v) is 14.9. The molecular weight excluding hydrogens is 370 g/mol. The van der Waals surface area contributed by atoms with Crippen molar-refractivity contribution >= 4 is 33.9 Å². The lowest BCUT2D eigenvalue weighted by molar-refractivity contribution is -0.129. The third kappa shape index (κ3) is 3.92. The van der Waals surface area contributed by atoms with E-state index in [1.54, 1.807) is 6.08 Å². The van der Waals surface area contributed by atoms with Gasteiger partial charge in [-0.3, -0.25) is 0 Å². The molecule has 0 aromatic heterocycles. The van der Waals surface area contributed by atoms with E-state index in [-0.39, 0.29) is 11.8 Å². The number of nitrogens with zero attached hydrogens (tertiary/aromatic N) is 1. The molecule has 2 aromatic rings. The number of hydrogen-bond acceptors (Lipinski definition) is 4. The fourth-order valence-electron chi connectivity index (χ4n) is 2.23. The van der Waals surface area contributed by atoms with Crippen molar-refractivity contribution in [1.29, 1.82) is 0 Å². The zero-order valence-electron chi connectivity index (χ0n) is 13.3. The molecule has 24 heavy (non-hydrogen) atoms. The molecule has 0 saturated carbocycles. The summed E-state index contributed by atoms with van der Waals surface area (Å²) in [5, 5.41) is 0. The summed E-state index contributed by atoms with van der Waals surface area (Å²) in [6.45, 7) is 3.95. The van der Waals surface area contributed by atoms with Crippen molar-refractivity contribution in [3.8, 4) is 5.75 Å². The number of ether oxygens (including phenoxy) is 2. The van der Waals surface area contributed by atoms with E-state index in [2.05, 4.69) is 20.9 Å². The first-order chi connectivity index (χ1) is 11.5. The molecule has 0 N–H and O–H groups in total. The van der Waals surface area contributed by atoms with Crippen molar-refractivity contribution in [2.45, 2.75) is 20.0 Å². The first kappa shape index (κ1) is 16.5.